The van der Waals surface area contributed by atoms with Gasteiger partial charge in [0, 0.05) is 16.9 Å². The van der Waals surface area contributed by atoms with Gasteiger partial charge in [-0.3, -0.25) is 4.72 Å². The van der Waals surface area contributed by atoms with Gasteiger partial charge in [0.15, 0.2) is 0 Å². The Morgan fingerprint density at radius 2 is 1.75 bits per heavy atom. The summed E-state index contributed by atoms with van der Waals surface area (Å²) in [6.45, 7) is 8.05. The van der Waals surface area contributed by atoms with Crippen molar-refractivity contribution >= 4 is 27.0 Å². The zero-order chi connectivity index (χ0) is 17.5. The molecule has 1 heterocycles. The van der Waals surface area contributed by atoms with Crippen LogP contribution in [-0.4, -0.2) is 14.0 Å². The molecule has 0 saturated heterocycles. The standard InChI is InChI=1S/C19H22N2O2S/c1-13-7-5-6-8-18(13)24(22,23)21-15-9-10-17-16(11-15)14(2)12-19(3,4)20-17/h5-12,20-21H,1-4H3. The molecule has 0 bridgehead atoms. The van der Waals surface area contributed by atoms with E-state index in [9.17, 15) is 8.42 Å². The molecule has 3 rings (SSSR count). The van der Waals surface area contributed by atoms with Crippen LogP contribution < -0.4 is 10.0 Å². The first-order chi connectivity index (χ1) is 11.2. The van der Waals surface area contributed by atoms with E-state index in [1.165, 1.54) is 0 Å². The fraction of sp³-hybridized carbons (Fsp3) is 0.263. The molecule has 0 atom stereocenters. The Bertz CT molecular complexity index is 928. The van der Waals surface area contributed by atoms with E-state index in [4.69, 9.17) is 0 Å². The van der Waals surface area contributed by atoms with Crippen molar-refractivity contribution in [2.75, 3.05) is 10.0 Å². The average Bonchev–Trinajstić information content (AvgIpc) is 2.47. The number of allylic oxidation sites excluding steroid dienone is 1. The lowest BCUT2D eigenvalue weighted by atomic mass is 9.91. The third-order valence-corrected chi connectivity index (χ3v) is 5.66. The molecule has 1 aliphatic rings. The van der Waals surface area contributed by atoms with E-state index in [1.807, 2.05) is 25.1 Å². The third-order valence-electron chi connectivity index (χ3n) is 4.11. The molecule has 0 aliphatic carbocycles. The van der Waals surface area contributed by atoms with Gasteiger partial charge in [0.1, 0.15) is 0 Å². The molecular formula is C19H22N2O2S. The summed E-state index contributed by atoms with van der Waals surface area (Å²) in [5, 5.41) is 3.44. The Hall–Kier alpha value is -2.27. The second-order valence-electron chi connectivity index (χ2n) is 6.81. The van der Waals surface area contributed by atoms with Crippen LogP contribution in [0.1, 0.15) is 31.9 Å². The molecule has 1 aliphatic heterocycles. The summed E-state index contributed by atoms with van der Waals surface area (Å²) in [7, 11) is -3.60. The second kappa shape index (κ2) is 5.67. The molecule has 0 spiro atoms. The van der Waals surface area contributed by atoms with E-state index >= 15 is 0 Å². The van der Waals surface area contributed by atoms with Crippen molar-refractivity contribution in [1.29, 1.82) is 0 Å². The maximum Gasteiger partial charge on any atom is 0.262 e. The molecule has 2 N–H and O–H groups in total. The van der Waals surface area contributed by atoms with Crippen LogP contribution in [0.3, 0.4) is 0 Å². The van der Waals surface area contributed by atoms with E-state index < -0.39 is 10.0 Å². The predicted octanol–water partition coefficient (Wildman–Crippen LogP) is 4.40. The number of rotatable bonds is 3. The summed E-state index contributed by atoms with van der Waals surface area (Å²) >= 11 is 0. The van der Waals surface area contributed by atoms with Gasteiger partial charge in [-0.15, -0.1) is 0 Å². The summed E-state index contributed by atoms with van der Waals surface area (Å²) in [5.74, 6) is 0. The molecule has 0 amide bonds. The molecule has 0 unspecified atom stereocenters. The van der Waals surface area contributed by atoms with Crippen molar-refractivity contribution in [3.63, 3.8) is 0 Å². The smallest absolute Gasteiger partial charge is 0.262 e. The third kappa shape index (κ3) is 3.17. The highest BCUT2D eigenvalue weighted by atomic mass is 32.2. The fourth-order valence-electron chi connectivity index (χ4n) is 3.11. The van der Waals surface area contributed by atoms with E-state index in [0.717, 1.165) is 22.4 Å². The highest BCUT2D eigenvalue weighted by Gasteiger charge is 2.23. The summed E-state index contributed by atoms with van der Waals surface area (Å²) in [5.41, 5.74) is 4.33. The number of benzene rings is 2. The quantitative estimate of drug-likeness (QED) is 0.869. The minimum atomic E-state index is -3.60. The van der Waals surface area contributed by atoms with Gasteiger partial charge >= 0.3 is 0 Å². The molecule has 126 valence electrons. The van der Waals surface area contributed by atoms with Crippen LogP contribution in [0.4, 0.5) is 11.4 Å². The molecular weight excluding hydrogens is 320 g/mol. The molecule has 0 saturated carbocycles. The second-order valence-corrected chi connectivity index (χ2v) is 8.46. The molecule has 0 fully saturated rings. The lowest BCUT2D eigenvalue weighted by molar-refractivity contribution is 0.600. The largest absolute Gasteiger partial charge is 0.376 e. The Morgan fingerprint density at radius 3 is 2.46 bits per heavy atom. The molecule has 0 aromatic heterocycles. The van der Waals surface area contributed by atoms with Crippen LogP contribution in [0, 0.1) is 6.92 Å². The first kappa shape index (κ1) is 16.6. The number of hydrogen-bond acceptors (Lipinski definition) is 3. The Kier molecular flexibility index (Phi) is 3.92. The lowest BCUT2D eigenvalue weighted by Gasteiger charge is -2.31. The lowest BCUT2D eigenvalue weighted by Crippen LogP contribution is -2.31. The summed E-state index contributed by atoms with van der Waals surface area (Å²) in [4.78, 5) is 0.300. The van der Waals surface area contributed by atoms with Crippen molar-refractivity contribution in [3.8, 4) is 0 Å². The monoisotopic (exact) mass is 342 g/mol. The maximum atomic E-state index is 12.6. The van der Waals surface area contributed by atoms with Crippen molar-refractivity contribution in [1.82, 2.24) is 0 Å². The zero-order valence-corrected chi connectivity index (χ0v) is 15.2. The normalized spacial score (nSPS) is 15.9. The van der Waals surface area contributed by atoms with Crippen molar-refractivity contribution in [3.05, 3.63) is 59.7 Å². The van der Waals surface area contributed by atoms with Gasteiger partial charge in [0.25, 0.3) is 10.0 Å². The Morgan fingerprint density at radius 1 is 1.04 bits per heavy atom. The molecule has 2 aromatic rings. The Labute approximate surface area is 143 Å². The first-order valence-corrected chi connectivity index (χ1v) is 9.37. The first-order valence-electron chi connectivity index (χ1n) is 7.88. The molecule has 24 heavy (non-hydrogen) atoms. The van der Waals surface area contributed by atoms with Gasteiger partial charge in [-0.05, 0) is 63.1 Å². The van der Waals surface area contributed by atoms with E-state index in [0.29, 0.717) is 10.6 Å². The highest BCUT2D eigenvalue weighted by Crippen LogP contribution is 2.35. The number of anilines is 2. The Balaban J connectivity index is 1.96. The van der Waals surface area contributed by atoms with Crippen molar-refractivity contribution < 1.29 is 8.42 Å². The average molecular weight is 342 g/mol. The summed E-state index contributed by atoms with van der Waals surface area (Å²) in [6.07, 6.45) is 2.15. The maximum absolute atomic E-state index is 12.6. The predicted molar refractivity (Wildman–Crippen MR) is 99.8 cm³/mol. The topological polar surface area (TPSA) is 58.2 Å². The van der Waals surface area contributed by atoms with Gasteiger partial charge < -0.3 is 5.32 Å². The van der Waals surface area contributed by atoms with Crippen LogP contribution in [0.15, 0.2) is 53.4 Å². The van der Waals surface area contributed by atoms with Crippen molar-refractivity contribution in [2.24, 2.45) is 0 Å². The number of sulfonamides is 1. The van der Waals surface area contributed by atoms with Crippen LogP contribution in [0.5, 0.6) is 0 Å². The van der Waals surface area contributed by atoms with Crippen molar-refractivity contribution in [2.45, 2.75) is 38.1 Å². The van der Waals surface area contributed by atoms with Gasteiger partial charge in [0.05, 0.1) is 10.4 Å². The van der Waals surface area contributed by atoms with E-state index in [-0.39, 0.29) is 5.54 Å². The van der Waals surface area contributed by atoms with E-state index in [2.05, 4.69) is 30.0 Å². The van der Waals surface area contributed by atoms with Crippen LogP contribution in [0.2, 0.25) is 0 Å². The molecule has 4 nitrogen and oxygen atoms in total. The number of nitrogens with one attached hydrogen (secondary N) is 2. The van der Waals surface area contributed by atoms with E-state index in [1.54, 1.807) is 31.2 Å². The number of hydrogen-bond donors (Lipinski definition) is 2. The molecule has 0 radical (unpaired) electrons. The minimum absolute atomic E-state index is 0.112. The minimum Gasteiger partial charge on any atom is -0.376 e. The van der Waals surface area contributed by atoms with Gasteiger partial charge in [-0.25, -0.2) is 8.42 Å². The highest BCUT2D eigenvalue weighted by molar-refractivity contribution is 7.92. The SMILES string of the molecule is CC1=CC(C)(C)Nc2ccc(NS(=O)(=O)c3ccccc3C)cc21. The zero-order valence-electron chi connectivity index (χ0n) is 14.3. The van der Waals surface area contributed by atoms with Crippen LogP contribution >= 0.6 is 0 Å². The molecule has 5 heteroatoms. The van der Waals surface area contributed by atoms with Crippen LogP contribution in [-0.2, 0) is 10.0 Å². The van der Waals surface area contributed by atoms with Crippen LogP contribution in [0.25, 0.3) is 5.57 Å². The fourth-order valence-corrected chi connectivity index (χ4v) is 4.41. The van der Waals surface area contributed by atoms with Gasteiger partial charge in [-0.2, -0.15) is 0 Å². The van der Waals surface area contributed by atoms with Gasteiger partial charge in [-0.1, -0.05) is 24.3 Å². The number of fused-ring (bicyclic) bond motifs is 1. The summed E-state index contributed by atoms with van der Waals surface area (Å²) < 4.78 is 28.0. The molecule has 2 aromatic carbocycles. The number of aryl methyl sites for hydroxylation is 1. The summed E-state index contributed by atoms with van der Waals surface area (Å²) in [6, 6.07) is 12.5. The van der Waals surface area contributed by atoms with Gasteiger partial charge in [0.2, 0.25) is 0 Å².